The molecule has 438 valence electrons. The van der Waals surface area contributed by atoms with Crippen molar-refractivity contribution < 1.29 is 29.3 Å². The SMILES string of the molecule is CC(Br)c1ccc(C(=O)CC2CC(C)(C)NC(C)(C)C2)cc1.CC(Br)c1ccc(C(=O)O)cc1.CC(Oc1ccccc1)c1ccc(C(=O)CC2CC(C)(C)NC(C)(C)C2)cc1.CC1(C)CC(N)CC(C)(C)N1.Oc1ccccc1. The lowest BCUT2D eigenvalue weighted by atomic mass is 9.74. The Morgan fingerprint density at radius 1 is 0.487 bits per heavy atom. The van der Waals surface area contributed by atoms with Crippen LogP contribution in [0.4, 0.5) is 0 Å². The number of Topliss-reactive ketones (excluding diaryl/α,β-unsaturated/α-hetero) is 2. The number of carboxylic acids is 1. The number of benzene rings is 5. The summed E-state index contributed by atoms with van der Waals surface area (Å²) in [6.07, 6.45) is 7.54. The fraction of sp³-hybridized carbons (Fsp3) is 0.515. The normalized spacial score (nSPS) is 19.8. The van der Waals surface area contributed by atoms with Gasteiger partial charge in [-0.05, 0) is 207 Å². The average molecular weight is 1230 g/mol. The number of carboxylic acid groups (broad SMARTS) is 1. The van der Waals surface area contributed by atoms with Crippen molar-refractivity contribution in [2.75, 3.05) is 0 Å². The Kier molecular flexibility index (Phi) is 25.0. The van der Waals surface area contributed by atoms with Gasteiger partial charge in [0.1, 0.15) is 17.6 Å². The second-order valence-corrected chi connectivity index (χ2v) is 29.2. The Hall–Kier alpha value is -4.69. The predicted molar refractivity (Wildman–Crippen MR) is 339 cm³/mol. The highest BCUT2D eigenvalue weighted by Gasteiger charge is 2.40. The molecular formula is C68H96Br2N4O6. The Labute approximate surface area is 497 Å². The number of piperidine rings is 3. The summed E-state index contributed by atoms with van der Waals surface area (Å²) in [5.74, 6) is 1.67. The number of nitrogens with two attached hydrogens (primary N) is 1. The lowest BCUT2D eigenvalue weighted by Crippen LogP contribution is -2.60. The van der Waals surface area contributed by atoms with Gasteiger partial charge in [0.2, 0.25) is 0 Å². The minimum Gasteiger partial charge on any atom is -0.508 e. The molecule has 3 fully saturated rings. The number of carbonyl (C=O) groups is 3. The van der Waals surface area contributed by atoms with E-state index < -0.39 is 5.97 Å². The van der Waals surface area contributed by atoms with Gasteiger partial charge in [0.05, 0.1) is 5.56 Å². The maximum absolute atomic E-state index is 12.9. The molecule has 0 saturated carbocycles. The van der Waals surface area contributed by atoms with Gasteiger partial charge in [0, 0.05) is 72.9 Å². The molecule has 0 aromatic heterocycles. The third-order valence-electron chi connectivity index (χ3n) is 14.5. The molecular weight excluding hydrogens is 1130 g/mol. The lowest BCUT2D eigenvalue weighted by Gasteiger charge is -2.46. The number of alkyl halides is 2. The molecule has 5 aromatic carbocycles. The number of ether oxygens (including phenoxy) is 1. The molecule has 0 bridgehead atoms. The fourth-order valence-electron chi connectivity index (χ4n) is 12.5. The highest BCUT2D eigenvalue weighted by molar-refractivity contribution is 9.09. The molecule has 3 aliphatic rings. The van der Waals surface area contributed by atoms with Crippen LogP contribution in [0.15, 0.2) is 133 Å². The van der Waals surface area contributed by atoms with Gasteiger partial charge in [-0.1, -0.05) is 129 Å². The third-order valence-corrected chi connectivity index (χ3v) is 15.6. The fourth-order valence-corrected chi connectivity index (χ4v) is 13.1. The van der Waals surface area contributed by atoms with E-state index in [-0.39, 0.29) is 55.7 Å². The van der Waals surface area contributed by atoms with Crippen molar-refractivity contribution in [3.05, 3.63) is 167 Å². The van der Waals surface area contributed by atoms with Crippen LogP contribution >= 0.6 is 31.9 Å². The minimum absolute atomic E-state index is 0.0578. The van der Waals surface area contributed by atoms with Crippen LogP contribution in [0, 0.1) is 11.8 Å². The zero-order valence-electron chi connectivity index (χ0n) is 50.7. The summed E-state index contributed by atoms with van der Waals surface area (Å²) in [7, 11) is 0. The summed E-state index contributed by atoms with van der Waals surface area (Å²) < 4.78 is 5.98. The zero-order chi connectivity index (χ0) is 59.9. The van der Waals surface area contributed by atoms with Crippen LogP contribution in [0.3, 0.4) is 0 Å². The number of carbonyl (C=O) groups excluding carboxylic acids is 2. The molecule has 3 unspecified atom stereocenters. The molecule has 8 rings (SSSR count). The van der Waals surface area contributed by atoms with Crippen LogP contribution in [0.1, 0.15) is 219 Å². The summed E-state index contributed by atoms with van der Waals surface area (Å²) >= 11 is 6.95. The highest BCUT2D eigenvalue weighted by Crippen LogP contribution is 2.37. The van der Waals surface area contributed by atoms with E-state index in [4.69, 9.17) is 20.7 Å². The molecule has 10 nitrogen and oxygen atoms in total. The monoisotopic (exact) mass is 1220 g/mol. The van der Waals surface area contributed by atoms with Crippen molar-refractivity contribution in [3.63, 3.8) is 0 Å². The number of aromatic hydroxyl groups is 1. The van der Waals surface area contributed by atoms with Gasteiger partial charge >= 0.3 is 5.97 Å². The maximum atomic E-state index is 12.9. The third kappa shape index (κ3) is 24.4. The van der Waals surface area contributed by atoms with Crippen molar-refractivity contribution >= 4 is 49.4 Å². The van der Waals surface area contributed by atoms with Gasteiger partial charge in [-0.15, -0.1) is 0 Å². The second kappa shape index (κ2) is 29.5. The number of phenolic OH excluding ortho intramolecular Hbond substituents is 1. The number of phenols is 1. The van der Waals surface area contributed by atoms with Crippen LogP contribution in [0.5, 0.6) is 11.5 Å². The first kappa shape index (κ1) is 67.8. The molecule has 0 spiro atoms. The van der Waals surface area contributed by atoms with Gasteiger partial charge in [0.25, 0.3) is 0 Å². The standard InChI is InChI=1S/C25H33NO2.C19H28BrNO.C9H9BrO2.C9H20N2.C6H6O/c1-18(28-22-9-7-6-8-10-22)20-11-13-21(14-12-20)23(27)15-19-16-24(2,3)26-25(4,5)17-19;1-13(20)15-6-8-16(9-7-15)17(22)10-14-11-18(2,3)21-19(4,5)12-14;1-6(10)7-2-4-8(5-3-7)9(11)12;1-8(2)5-7(10)6-9(3,4)11-8;7-6-4-2-1-3-5-6/h6-14,18-19,26H,15-17H2,1-5H3;6-9,13-14,21H,10-12H2,1-5H3;2-6H,1H3,(H,11,12);7,11H,5-6,10H2,1-4H3;1-5,7H. The Morgan fingerprint density at radius 3 is 1.07 bits per heavy atom. The average Bonchev–Trinajstić information content (AvgIpc) is 3.32. The Morgan fingerprint density at radius 2 is 0.787 bits per heavy atom. The van der Waals surface area contributed by atoms with E-state index in [2.05, 4.69) is 138 Å². The van der Waals surface area contributed by atoms with E-state index in [9.17, 15) is 14.4 Å². The van der Waals surface area contributed by atoms with Gasteiger partial charge in [0.15, 0.2) is 11.6 Å². The van der Waals surface area contributed by atoms with Gasteiger partial charge in [-0.3, -0.25) is 9.59 Å². The van der Waals surface area contributed by atoms with Crippen molar-refractivity contribution in [2.24, 2.45) is 17.6 Å². The van der Waals surface area contributed by atoms with Gasteiger partial charge in [-0.25, -0.2) is 4.79 Å². The van der Waals surface area contributed by atoms with E-state index in [0.717, 1.165) is 66.5 Å². The largest absolute Gasteiger partial charge is 0.508 e. The summed E-state index contributed by atoms with van der Waals surface area (Å²) in [4.78, 5) is 36.5. The minimum atomic E-state index is -0.885. The number of halogens is 2. The molecule has 80 heavy (non-hydrogen) atoms. The molecule has 3 aliphatic heterocycles. The Balaban J connectivity index is 0.000000233. The van der Waals surface area contributed by atoms with E-state index in [1.807, 2.05) is 111 Å². The number of rotatable bonds is 12. The molecule has 0 radical (unpaired) electrons. The molecule has 5 aromatic rings. The van der Waals surface area contributed by atoms with Crippen LogP contribution < -0.4 is 26.4 Å². The van der Waals surface area contributed by atoms with Gasteiger partial charge in [-0.2, -0.15) is 0 Å². The van der Waals surface area contributed by atoms with Crippen molar-refractivity contribution in [3.8, 4) is 11.5 Å². The predicted octanol–water partition coefficient (Wildman–Crippen LogP) is 16.7. The summed E-state index contributed by atoms with van der Waals surface area (Å²) in [5, 5.41) is 28.2. The van der Waals surface area contributed by atoms with Crippen LogP contribution in [-0.2, 0) is 0 Å². The Bertz CT molecular complexity index is 2640. The van der Waals surface area contributed by atoms with E-state index >= 15 is 0 Å². The smallest absolute Gasteiger partial charge is 0.335 e. The number of aromatic carboxylic acids is 1. The number of hydrogen-bond acceptors (Lipinski definition) is 9. The van der Waals surface area contributed by atoms with E-state index in [1.54, 1.807) is 36.4 Å². The number of ketones is 2. The lowest BCUT2D eigenvalue weighted by molar-refractivity contribution is 0.0695. The number of para-hydroxylation sites is 2. The molecule has 12 heteroatoms. The molecule has 3 heterocycles. The summed E-state index contributed by atoms with van der Waals surface area (Å²) in [6, 6.07) is 41.7. The molecule has 3 atom stereocenters. The quantitative estimate of drug-likeness (QED) is 0.0524. The highest BCUT2D eigenvalue weighted by atomic mass is 79.9. The first-order valence-corrected chi connectivity index (χ1v) is 30.3. The number of hydrogen-bond donors (Lipinski definition) is 6. The van der Waals surface area contributed by atoms with Crippen molar-refractivity contribution in [1.82, 2.24) is 16.0 Å². The maximum Gasteiger partial charge on any atom is 0.335 e. The second-order valence-electron chi connectivity index (χ2n) is 26.5. The van der Waals surface area contributed by atoms with Crippen LogP contribution in [0.2, 0.25) is 0 Å². The first-order valence-electron chi connectivity index (χ1n) is 28.5. The van der Waals surface area contributed by atoms with Crippen molar-refractivity contribution in [2.45, 2.75) is 210 Å². The number of nitrogens with one attached hydrogen (secondary N) is 3. The molecule has 0 amide bonds. The first-order chi connectivity index (χ1) is 37.0. The van der Waals surface area contributed by atoms with Gasteiger partial charge < -0.3 is 36.6 Å². The van der Waals surface area contributed by atoms with E-state index in [0.29, 0.717) is 46.9 Å². The summed E-state index contributed by atoms with van der Waals surface area (Å²) in [6.45, 7) is 32.8. The van der Waals surface area contributed by atoms with Crippen LogP contribution in [0.25, 0.3) is 0 Å². The molecule has 3 saturated heterocycles. The van der Waals surface area contributed by atoms with Crippen molar-refractivity contribution in [1.29, 1.82) is 0 Å². The molecule has 0 aliphatic carbocycles. The molecule has 7 N–H and O–H groups in total. The topological polar surface area (TPSA) is 163 Å². The van der Waals surface area contributed by atoms with Crippen LogP contribution in [-0.4, -0.2) is 67.0 Å². The summed E-state index contributed by atoms with van der Waals surface area (Å²) in [5.41, 5.74) is 12.0. The zero-order valence-corrected chi connectivity index (χ0v) is 53.9. The van der Waals surface area contributed by atoms with E-state index in [1.165, 1.54) is 5.56 Å².